The SMILES string of the molecule is CC[C@]1(O)CC[C@@]2(C)[C@@H](CC[C@@H]3[C@@H]2CC[C@]2(C)[C@@H](C(C)C4(O)CC4)CC[C@@H]32)C1. The Labute approximate surface area is 172 Å². The molecule has 0 radical (unpaired) electrons. The predicted molar refractivity (Wildman–Crippen MR) is 114 cm³/mol. The third-order valence-corrected chi connectivity index (χ3v) is 11.8. The van der Waals surface area contributed by atoms with Gasteiger partial charge in [0.15, 0.2) is 0 Å². The molecule has 5 saturated carbocycles. The molecule has 0 saturated heterocycles. The van der Waals surface area contributed by atoms with E-state index in [9.17, 15) is 10.2 Å². The molecule has 2 heteroatoms. The van der Waals surface area contributed by atoms with E-state index in [0.717, 1.165) is 61.7 Å². The molecule has 5 rings (SSSR count). The molecule has 5 aliphatic carbocycles. The Morgan fingerprint density at radius 2 is 1.54 bits per heavy atom. The number of aliphatic hydroxyl groups is 2. The highest BCUT2D eigenvalue weighted by molar-refractivity contribution is 5.13. The van der Waals surface area contributed by atoms with E-state index >= 15 is 0 Å². The second-order valence-corrected chi connectivity index (χ2v) is 12.6. The number of hydrogen-bond acceptors (Lipinski definition) is 2. The third-order valence-electron chi connectivity index (χ3n) is 11.8. The van der Waals surface area contributed by atoms with E-state index in [4.69, 9.17) is 0 Å². The first-order valence-electron chi connectivity index (χ1n) is 12.6. The van der Waals surface area contributed by atoms with Gasteiger partial charge in [0.25, 0.3) is 0 Å². The molecule has 0 aromatic carbocycles. The van der Waals surface area contributed by atoms with Crippen LogP contribution in [0.4, 0.5) is 0 Å². The second kappa shape index (κ2) is 6.22. The van der Waals surface area contributed by atoms with Gasteiger partial charge in [0, 0.05) is 0 Å². The highest BCUT2D eigenvalue weighted by Gasteiger charge is 2.63. The smallest absolute Gasteiger partial charge is 0.0678 e. The number of hydrogen-bond donors (Lipinski definition) is 2. The Kier molecular flexibility index (Phi) is 4.41. The molecule has 5 aliphatic rings. The summed E-state index contributed by atoms with van der Waals surface area (Å²) in [5.74, 6) is 4.61. The van der Waals surface area contributed by atoms with Gasteiger partial charge >= 0.3 is 0 Å². The predicted octanol–water partition coefficient (Wildman–Crippen LogP) is 5.95. The first-order valence-corrected chi connectivity index (χ1v) is 12.6. The van der Waals surface area contributed by atoms with Crippen LogP contribution in [0.15, 0.2) is 0 Å². The Morgan fingerprint density at radius 3 is 2.21 bits per heavy atom. The van der Waals surface area contributed by atoms with Crippen molar-refractivity contribution in [3.63, 3.8) is 0 Å². The van der Waals surface area contributed by atoms with E-state index < -0.39 is 0 Å². The van der Waals surface area contributed by atoms with Crippen LogP contribution in [0, 0.1) is 46.3 Å². The Balaban J connectivity index is 1.38. The largest absolute Gasteiger partial charge is 0.390 e. The van der Waals surface area contributed by atoms with Crippen LogP contribution < -0.4 is 0 Å². The summed E-state index contributed by atoms with van der Waals surface area (Å²) in [4.78, 5) is 0. The zero-order valence-corrected chi connectivity index (χ0v) is 18.8. The maximum absolute atomic E-state index is 11.0. The molecule has 0 bridgehead atoms. The maximum Gasteiger partial charge on any atom is 0.0678 e. The van der Waals surface area contributed by atoms with E-state index in [1.807, 2.05) is 0 Å². The standard InChI is InChI=1S/C26H44O2/c1-5-25(27)13-12-23(3)18(16-25)6-7-19-21-9-8-20(17(2)26(28)14-15-26)24(21,4)11-10-22(19)23/h17-22,27-28H,5-16H2,1-4H3/t17?,18-,19-,20+,21-,22-,23-,24+,25-/m0/s1. The van der Waals surface area contributed by atoms with Crippen molar-refractivity contribution >= 4 is 0 Å². The van der Waals surface area contributed by atoms with Gasteiger partial charge in [-0.2, -0.15) is 0 Å². The Hall–Kier alpha value is -0.0800. The minimum atomic E-state index is -0.381. The zero-order chi connectivity index (χ0) is 19.9. The minimum absolute atomic E-state index is 0.322. The lowest BCUT2D eigenvalue weighted by Crippen LogP contribution is -2.56. The van der Waals surface area contributed by atoms with Gasteiger partial charge in [0.1, 0.15) is 0 Å². The van der Waals surface area contributed by atoms with Gasteiger partial charge in [-0.25, -0.2) is 0 Å². The number of rotatable bonds is 3. The first-order chi connectivity index (χ1) is 13.2. The van der Waals surface area contributed by atoms with Crippen LogP contribution in [-0.2, 0) is 0 Å². The van der Waals surface area contributed by atoms with Crippen molar-refractivity contribution in [1.82, 2.24) is 0 Å². The molecule has 5 fully saturated rings. The number of fused-ring (bicyclic) bond motifs is 5. The van der Waals surface area contributed by atoms with E-state index in [2.05, 4.69) is 27.7 Å². The average Bonchev–Trinajstić information content (AvgIpc) is 3.32. The molecular formula is C26H44O2. The molecule has 1 unspecified atom stereocenters. The summed E-state index contributed by atoms with van der Waals surface area (Å²) in [6.07, 6.45) is 14.6. The summed E-state index contributed by atoms with van der Waals surface area (Å²) in [6.45, 7) is 9.75. The van der Waals surface area contributed by atoms with Gasteiger partial charge in [0.05, 0.1) is 11.2 Å². The molecule has 2 nitrogen and oxygen atoms in total. The minimum Gasteiger partial charge on any atom is -0.390 e. The van der Waals surface area contributed by atoms with Crippen molar-refractivity contribution in [2.24, 2.45) is 46.3 Å². The molecule has 2 N–H and O–H groups in total. The molecule has 9 atom stereocenters. The van der Waals surface area contributed by atoms with Crippen LogP contribution in [0.3, 0.4) is 0 Å². The van der Waals surface area contributed by atoms with Crippen LogP contribution >= 0.6 is 0 Å². The maximum atomic E-state index is 11.0. The topological polar surface area (TPSA) is 40.5 Å². The van der Waals surface area contributed by atoms with Crippen molar-refractivity contribution in [2.75, 3.05) is 0 Å². The van der Waals surface area contributed by atoms with E-state index in [-0.39, 0.29) is 11.2 Å². The fourth-order valence-electron chi connectivity index (χ4n) is 9.46. The highest BCUT2D eigenvalue weighted by atomic mass is 16.3. The molecule has 0 aliphatic heterocycles. The van der Waals surface area contributed by atoms with Gasteiger partial charge in [-0.15, -0.1) is 0 Å². The lowest BCUT2D eigenvalue weighted by Gasteiger charge is -2.62. The normalized spacial score (nSPS) is 55.7. The summed E-state index contributed by atoms with van der Waals surface area (Å²) in [5, 5.41) is 21.8. The Bertz CT molecular complexity index is 626. The van der Waals surface area contributed by atoms with Crippen LogP contribution in [0.2, 0.25) is 0 Å². The molecule has 0 amide bonds. The van der Waals surface area contributed by atoms with Crippen molar-refractivity contribution in [3.8, 4) is 0 Å². The fraction of sp³-hybridized carbons (Fsp3) is 1.00. The summed E-state index contributed by atoms with van der Waals surface area (Å²) in [7, 11) is 0. The fourth-order valence-corrected chi connectivity index (χ4v) is 9.46. The second-order valence-electron chi connectivity index (χ2n) is 12.6. The molecular weight excluding hydrogens is 344 g/mol. The quantitative estimate of drug-likeness (QED) is 0.627. The molecule has 0 spiro atoms. The van der Waals surface area contributed by atoms with Crippen LogP contribution in [-0.4, -0.2) is 21.4 Å². The molecule has 0 aromatic rings. The first kappa shape index (κ1) is 19.9. The van der Waals surface area contributed by atoms with Crippen molar-refractivity contribution in [2.45, 2.75) is 116 Å². The molecule has 0 aromatic heterocycles. The summed E-state index contributed by atoms with van der Waals surface area (Å²) in [5.41, 5.74) is 0.218. The van der Waals surface area contributed by atoms with Crippen molar-refractivity contribution in [3.05, 3.63) is 0 Å². The van der Waals surface area contributed by atoms with Gasteiger partial charge in [-0.1, -0.05) is 27.7 Å². The third kappa shape index (κ3) is 2.65. The van der Waals surface area contributed by atoms with Crippen molar-refractivity contribution in [1.29, 1.82) is 0 Å². The van der Waals surface area contributed by atoms with E-state index in [0.29, 0.717) is 16.7 Å². The van der Waals surface area contributed by atoms with Gasteiger partial charge < -0.3 is 10.2 Å². The average molecular weight is 389 g/mol. The summed E-state index contributed by atoms with van der Waals surface area (Å²) >= 11 is 0. The summed E-state index contributed by atoms with van der Waals surface area (Å²) in [6, 6.07) is 0. The van der Waals surface area contributed by atoms with Gasteiger partial charge in [-0.05, 0) is 123 Å². The van der Waals surface area contributed by atoms with Crippen molar-refractivity contribution < 1.29 is 10.2 Å². The van der Waals surface area contributed by atoms with Crippen LogP contribution in [0.5, 0.6) is 0 Å². The molecule has 28 heavy (non-hydrogen) atoms. The molecule has 160 valence electrons. The lowest BCUT2D eigenvalue weighted by atomic mass is 9.43. The zero-order valence-electron chi connectivity index (χ0n) is 18.8. The lowest BCUT2D eigenvalue weighted by molar-refractivity contribution is -0.154. The van der Waals surface area contributed by atoms with E-state index in [1.54, 1.807) is 0 Å². The van der Waals surface area contributed by atoms with Crippen LogP contribution in [0.1, 0.15) is 105 Å². The van der Waals surface area contributed by atoms with Crippen LogP contribution in [0.25, 0.3) is 0 Å². The van der Waals surface area contributed by atoms with Gasteiger partial charge in [0.2, 0.25) is 0 Å². The molecule has 0 heterocycles. The van der Waals surface area contributed by atoms with Gasteiger partial charge in [-0.3, -0.25) is 0 Å². The Morgan fingerprint density at radius 1 is 0.821 bits per heavy atom. The monoisotopic (exact) mass is 388 g/mol. The summed E-state index contributed by atoms with van der Waals surface area (Å²) < 4.78 is 0. The van der Waals surface area contributed by atoms with E-state index in [1.165, 1.54) is 44.9 Å². The highest BCUT2D eigenvalue weighted by Crippen LogP contribution is 2.70.